The lowest BCUT2D eigenvalue weighted by atomic mass is 9.88. The van der Waals surface area contributed by atoms with Gasteiger partial charge >= 0.3 is 0 Å². The summed E-state index contributed by atoms with van der Waals surface area (Å²) in [6.07, 6.45) is 3.47. The Bertz CT molecular complexity index is 1220. The molecule has 0 saturated carbocycles. The molecule has 3 heterocycles. The predicted octanol–water partition coefficient (Wildman–Crippen LogP) is 5.10. The van der Waals surface area contributed by atoms with Gasteiger partial charge in [0, 0.05) is 44.7 Å². The monoisotopic (exact) mass is 518 g/mol. The summed E-state index contributed by atoms with van der Waals surface area (Å²) in [6.45, 7) is 5.69. The summed E-state index contributed by atoms with van der Waals surface area (Å²) in [7, 11) is 0. The van der Waals surface area contributed by atoms with E-state index in [9.17, 15) is 9.50 Å². The maximum absolute atomic E-state index is 13.6. The number of rotatable bonds is 7. The summed E-state index contributed by atoms with van der Waals surface area (Å²) < 4.78 is 31.3. The number of likely N-dealkylation sites (tertiary alicyclic amines) is 1. The standard InChI is InChI=1S/C31H35FN2O4/c32-25-3-5-26(6-4-25)34-14-11-24-22-27(35)7-10-29(24)30(34)21-23-1-8-28(9-2-23)36-18-17-33-15-12-31(13-16-33)37-19-20-38-31/h1-10,22,30,35H,11-21H2. The Morgan fingerprint density at radius 1 is 0.921 bits per heavy atom. The van der Waals surface area contributed by atoms with E-state index >= 15 is 0 Å². The lowest BCUT2D eigenvalue weighted by Gasteiger charge is -2.39. The highest BCUT2D eigenvalue weighted by molar-refractivity contribution is 5.53. The molecule has 0 aromatic heterocycles. The quantitative estimate of drug-likeness (QED) is 0.470. The first kappa shape index (κ1) is 25.2. The molecule has 2 fully saturated rings. The topological polar surface area (TPSA) is 54.4 Å². The van der Waals surface area contributed by atoms with E-state index in [0.717, 1.165) is 63.3 Å². The predicted molar refractivity (Wildman–Crippen MR) is 144 cm³/mol. The van der Waals surface area contributed by atoms with Gasteiger partial charge in [-0.25, -0.2) is 4.39 Å². The Balaban J connectivity index is 1.08. The summed E-state index contributed by atoms with van der Waals surface area (Å²) in [5, 5.41) is 10.0. The summed E-state index contributed by atoms with van der Waals surface area (Å²) in [4.78, 5) is 4.75. The van der Waals surface area contributed by atoms with E-state index < -0.39 is 0 Å². The molecule has 3 aromatic carbocycles. The highest BCUT2D eigenvalue weighted by Gasteiger charge is 2.39. The second-order valence-electron chi connectivity index (χ2n) is 10.5. The smallest absolute Gasteiger partial charge is 0.170 e. The minimum Gasteiger partial charge on any atom is -0.508 e. The molecule has 6 rings (SSSR count). The summed E-state index contributed by atoms with van der Waals surface area (Å²) in [6, 6.07) is 20.8. The molecule has 2 saturated heterocycles. The van der Waals surface area contributed by atoms with E-state index in [-0.39, 0.29) is 17.6 Å². The largest absolute Gasteiger partial charge is 0.508 e. The number of phenolic OH excluding ortho intramolecular Hbond substituents is 1. The fourth-order valence-electron chi connectivity index (χ4n) is 6.00. The zero-order chi connectivity index (χ0) is 26.0. The van der Waals surface area contributed by atoms with Crippen LogP contribution in [-0.4, -0.2) is 61.8 Å². The van der Waals surface area contributed by atoms with Crippen molar-refractivity contribution in [3.8, 4) is 11.5 Å². The molecule has 0 radical (unpaired) electrons. The summed E-state index contributed by atoms with van der Waals surface area (Å²) in [5.74, 6) is 0.598. The average Bonchev–Trinajstić information content (AvgIpc) is 3.39. The van der Waals surface area contributed by atoms with Gasteiger partial charge in [0.25, 0.3) is 0 Å². The van der Waals surface area contributed by atoms with Crippen molar-refractivity contribution in [2.75, 3.05) is 50.9 Å². The van der Waals surface area contributed by atoms with Gasteiger partial charge in [0.1, 0.15) is 23.9 Å². The second-order valence-corrected chi connectivity index (χ2v) is 10.5. The van der Waals surface area contributed by atoms with Crippen molar-refractivity contribution in [3.05, 3.63) is 89.2 Å². The molecule has 7 heteroatoms. The Morgan fingerprint density at radius 2 is 1.66 bits per heavy atom. The number of hydrogen-bond acceptors (Lipinski definition) is 6. The number of piperidine rings is 1. The van der Waals surface area contributed by atoms with Gasteiger partial charge in [-0.15, -0.1) is 0 Å². The molecule has 6 nitrogen and oxygen atoms in total. The summed E-state index contributed by atoms with van der Waals surface area (Å²) in [5.41, 5.74) is 4.58. The molecule has 1 atom stereocenters. The first-order valence-electron chi connectivity index (χ1n) is 13.6. The third kappa shape index (κ3) is 5.51. The highest BCUT2D eigenvalue weighted by atomic mass is 19.1. The number of hydrogen-bond donors (Lipinski definition) is 1. The number of phenols is 1. The molecule has 0 bridgehead atoms. The molecule has 3 aromatic rings. The highest BCUT2D eigenvalue weighted by Crippen LogP contribution is 2.37. The van der Waals surface area contributed by atoms with Crippen molar-refractivity contribution in [1.29, 1.82) is 0 Å². The molecule has 0 amide bonds. The van der Waals surface area contributed by atoms with Gasteiger partial charge in [-0.1, -0.05) is 18.2 Å². The van der Waals surface area contributed by atoms with Gasteiger partial charge < -0.3 is 24.2 Å². The van der Waals surface area contributed by atoms with Crippen LogP contribution >= 0.6 is 0 Å². The lowest BCUT2D eigenvalue weighted by Crippen LogP contribution is -2.46. The van der Waals surface area contributed by atoms with Gasteiger partial charge in [-0.2, -0.15) is 0 Å². The van der Waals surface area contributed by atoms with Crippen molar-refractivity contribution in [2.45, 2.75) is 37.5 Å². The van der Waals surface area contributed by atoms with Crippen LogP contribution in [0.1, 0.15) is 35.6 Å². The van der Waals surface area contributed by atoms with Crippen LogP contribution in [0.4, 0.5) is 10.1 Å². The number of benzene rings is 3. The summed E-state index contributed by atoms with van der Waals surface area (Å²) >= 11 is 0. The van der Waals surface area contributed by atoms with E-state index in [4.69, 9.17) is 14.2 Å². The van der Waals surface area contributed by atoms with Crippen LogP contribution in [-0.2, 0) is 22.3 Å². The minimum absolute atomic E-state index is 0.0896. The first-order chi connectivity index (χ1) is 18.6. The van der Waals surface area contributed by atoms with Crippen LogP contribution < -0.4 is 9.64 Å². The lowest BCUT2D eigenvalue weighted by molar-refractivity contribution is -0.185. The Labute approximate surface area is 223 Å². The van der Waals surface area contributed by atoms with Crippen molar-refractivity contribution in [1.82, 2.24) is 4.90 Å². The van der Waals surface area contributed by atoms with Crippen molar-refractivity contribution in [3.63, 3.8) is 0 Å². The molecule has 3 aliphatic rings. The first-order valence-corrected chi connectivity index (χ1v) is 13.6. The fourth-order valence-corrected chi connectivity index (χ4v) is 6.00. The molecule has 0 aliphatic carbocycles. The molecule has 38 heavy (non-hydrogen) atoms. The van der Waals surface area contributed by atoms with Crippen LogP contribution in [0.15, 0.2) is 66.7 Å². The number of anilines is 1. The molecule has 1 N–H and O–H groups in total. The maximum Gasteiger partial charge on any atom is 0.170 e. The second kappa shape index (κ2) is 10.9. The molecule has 1 spiro atoms. The Hall–Kier alpha value is -3.13. The number of nitrogens with zero attached hydrogens (tertiary/aromatic N) is 2. The zero-order valence-corrected chi connectivity index (χ0v) is 21.7. The van der Waals surface area contributed by atoms with Crippen LogP contribution in [0.25, 0.3) is 0 Å². The molecular weight excluding hydrogens is 483 g/mol. The molecular formula is C31H35FN2O4. The van der Waals surface area contributed by atoms with Crippen LogP contribution in [0, 0.1) is 5.82 Å². The van der Waals surface area contributed by atoms with Crippen molar-refractivity contribution in [2.24, 2.45) is 0 Å². The SMILES string of the molecule is Oc1ccc2c(c1)CCN(c1ccc(F)cc1)C2Cc1ccc(OCCN2CCC3(CC2)OCCO3)cc1. The van der Waals surface area contributed by atoms with Gasteiger partial charge in [-0.05, 0) is 78.1 Å². The van der Waals surface area contributed by atoms with Gasteiger partial charge in [0.15, 0.2) is 5.79 Å². The third-order valence-electron chi connectivity index (χ3n) is 8.10. The number of fused-ring (bicyclic) bond motifs is 1. The Kier molecular flexibility index (Phi) is 7.24. The number of aromatic hydroxyl groups is 1. The number of ether oxygens (including phenoxy) is 3. The molecule has 3 aliphatic heterocycles. The fraction of sp³-hybridized carbons (Fsp3) is 0.419. The van der Waals surface area contributed by atoms with E-state index in [2.05, 4.69) is 21.9 Å². The van der Waals surface area contributed by atoms with Crippen LogP contribution in [0.2, 0.25) is 0 Å². The van der Waals surface area contributed by atoms with E-state index in [1.54, 1.807) is 6.07 Å². The normalized spacial score (nSPS) is 21.0. The average molecular weight is 519 g/mol. The van der Waals surface area contributed by atoms with E-state index in [0.29, 0.717) is 25.6 Å². The van der Waals surface area contributed by atoms with E-state index in [1.165, 1.54) is 28.8 Å². The molecule has 200 valence electrons. The van der Waals surface area contributed by atoms with E-state index in [1.807, 2.05) is 36.4 Å². The van der Waals surface area contributed by atoms with Gasteiger partial charge in [0.05, 0.1) is 19.3 Å². The van der Waals surface area contributed by atoms with Gasteiger partial charge in [0.2, 0.25) is 0 Å². The number of halogens is 1. The maximum atomic E-state index is 13.6. The Morgan fingerprint density at radius 3 is 2.39 bits per heavy atom. The van der Waals surface area contributed by atoms with Gasteiger partial charge in [-0.3, -0.25) is 4.90 Å². The minimum atomic E-state index is -0.335. The van der Waals surface area contributed by atoms with Crippen molar-refractivity contribution >= 4 is 5.69 Å². The third-order valence-corrected chi connectivity index (χ3v) is 8.10. The van der Waals surface area contributed by atoms with Crippen LogP contribution in [0.3, 0.4) is 0 Å². The van der Waals surface area contributed by atoms with Crippen molar-refractivity contribution < 1.29 is 23.7 Å². The van der Waals surface area contributed by atoms with Crippen LogP contribution in [0.5, 0.6) is 11.5 Å². The molecule has 1 unspecified atom stereocenters. The zero-order valence-electron chi connectivity index (χ0n) is 21.7.